The molecule has 36 heavy (non-hydrogen) atoms. The van der Waals surface area contributed by atoms with Gasteiger partial charge in [-0.2, -0.15) is 0 Å². The highest BCUT2D eigenvalue weighted by molar-refractivity contribution is 7.12. The van der Waals surface area contributed by atoms with Crippen molar-refractivity contribution in [1.29, 1.82) is 0 Å². The third-order valence-corrected chi connectivity index (χ3v) is 10.3. The molecule has 0 aromatic carbocycles. The fourth-order valence-corrected chi connectivity index (χ4v) is 8.08. The van der Waals surface area contributed by atoms with E-state index in [2.05, 4.69) is 64.8 Å². The summed E-state index contributed by atoms with van der Waals surface area (Å²) >= 11 is 1.89. The van der Waals surface area contributed by atoms with Crippen LogP contribution in [0.5, 0.6) is 0 Å². The minimum absolute atomic E-state index is 0.134. The van der Waals surface area contributed by atoms with Gasteiger partial charge < -0.3 is 9.88 Å². The van der Waals surface area contributed by atoms with Crippen LogP contribution in [0.1, 0.15) is 124 Å². The Hall–Kier alpha value is -1.73. The second-order valence-electron chi connectivity index (χ2n) is 11.7. The van der Waals surface area contributed by atoms with Crippen LogP contribution in [-0.4, -0.2) is 44.2 Å². The lowest BCUT2D eigenvalue weighted by Gasteiger charge is -2.40. The number of hydrogen-bond donors (Lipinski definition) is 1. The molecule has 6 nitrogen and oxygen atoms in total. The minimum atomic E-state index is 0.134. The van der Waals surface area contributed by atoms with E-state index in [1.807, 2.05) is 11.3 Å². The van der Waals surface area contributed by atoms with Crippen LogP contribution in [0.25, 0.3) is 0 Å². The van der Waals surface area contributed by atoms with Crippen molar-refractivity contribution >= 4 is 17.2 Å². The monoisotopic (exact) mass is 511 g/mol. The maximum absolute atomic E-state index is 13.2. The molecule has 2 saturated heterocycles. The van der Waals surface area contributed by atoms with Crippen molar-refractivity contribution in [3.05, 3.63) is 33.5 Å². The number of piperidine rings is 1. The fourth-order valence-electron chi connectivity index (χ4n) is 7.04. The number of rotatable bonds is 9. The van der Waals surface area contributed by atoms with Gasteiger partial charge >= 0.3 is 0 Å². The highest BCUT2D eigenvalue weighted by Gasteiger charge is 2.42. The molecule has 1 N–H and O–H groups in total. The average molecular weight is 512 g/mol. The van der Waals surface area contributed by atoms with Gasteiger partial charge in [-0.3, -0.25) is 9.69 Å². The number of aryl methyl sites for hydroxylation is 2. The number of thiophene rings is 1. The molecule has 4 atom stereocenters. The fraction of sp³-hybridized carbons (Fsp3) is 0.759. The largest absolute Gasteiger partial charge is 0.348 e. The van der Waals surface area contributed by atoms with Gasteiger partial charge in [0.05, 0.1) is 6.04 Å². The van der Waals surface area contributed by atoms with Crippen LogP contribution < -0.4 is 5.32 Å². The second kappa shape index (κ2) is 11.3. The molecule has 2 bridgehead atoms. The van der Waals surface area contributed by atoms with Gasteiger partial charge in [-0.05, 0) is 70.4 Å². The molecule has 4 heterocycles. The topological polar surface area (TPSA) is 63.1 Å². The van der Waals surface area contributed by atoms with Crippen LogP contribution in [0.15, 0.2) is 12.1 Å². The number of carbonyl (C=O) groups excluding carboxylic acids is 1. The summed E-state index contributed by atoms with van der Waals surface area (Å²) in [5.41, 5.74) is 0. The molecule has 0 radical (unpaired) electrons. The van der Waals surface area contributed by atoms with Crippen molar-refractivity contribution in [2.75, 3.05) is 6.54 Å². The van der Waals surface area contributed by atoms with E-state index in [-0.39, 0.29) is 17.9 Å². The van der Waals surface area contributed by atoms with Crippen molar-refractivity contribution in [3.8, 4) is 0 Å². The lowest BCUT2D eigenvalue weighted by atomic mass is 9.88. The van der Waals surface area contributed by atoms with E-state index in [1.54, 1.807) is 0 Å². The van der Waals surface area contributed by atoms with E-state index in [0.29, 0.717) is 24.0 Å². The molecule has 1 aliphatic carbocycles. The van der Waals surface area contributed by atoms with Gasteiger partial charge in [-0.25, -0.2) is 0 Å². The molecule has 3 aliphatic rings. The van der Waals surface area contributed by atoms with Crippen LogP contribution in [0, 0.1) is 12.8 Å². The number of nitrogens with zero attached hydrogens (tertiary/aromatic N) is 4. The van der Waals surface area contributed by atoms with Gasteiger partial charge in [0.2, 0.25) is 5.91 Å². The summed E-state index contributed by atoms with van der Waals surface area (Å²) in [5, 5.41) is 12.5. The number of fused-ring (bicyclic) bond motifs is 2. The van der Waals surface area contributed by atoms with Crippen molar-refractivity contribution in [1.82, 2.24) is 25.0 Å². The number of aromatic nitrogens is 3. The Kier molecular flexibility index (Phi) is 8.16. The summed E-state index contributed by atoms with van der Waals surface area (Å²) in [4.78, 5) is 18.7. The SMILES string of the molecule is CCc1ccc([C@H](CCN2[C@@H]3CC[C@H]2CC(n2c(C)nnc2C(C)C)C3)NC(=O)C2CCCCC2)s1. The van der Waals surface area contributed by atoms with E-state index < -0.39 is 0 Å². The van der Waals surface area contributed by atoms with Crippen LogP contribution in [-0.2, 0) is 11.2 Å². The third kappa shape index (κ3) is 5.42. The third-order valence-electron chi connectivity index (χ3n) is 8.98. The zero-order valence-electron chi connectivity index (χ0n) is 22.7. The molecule has 2 aromatic rings. The Morgan fingerprint density at radius 2 is 1.78 bits per heavy atom. The number of hydrogen-bond acceptors (Lipinski definition) is 5. The van der Waals surface area contributed by atoms with Crippen molar-refractivity contribution in [3.63, 3.8) is 0 Å². The number of carbonyl (C=O) groups is 1. The Morgan fingerprint density at radius 3 is 2.42 bits per heavy atom. The normalized spacial score (nSPS) is 26.0. The molecule has 1 unspecified atom stereocenters. The van der Waals surface area contributed by atoms with Crippen LogP contribution in [0.4, 0.5) is 0 Å². The average Bonchev–Trinajstić information content (AvgIpc) is 3.58. The molecular formula is C29H45N5OS. The van der Waals surface area contributed by atoms with E-state index >= 15 is 0 Å². The Balaban J connectivity index is 1.26. The Labute approximate surface area is 221 Å². The summed E-state index contributed by atoms with van der Waals surface area (Å²) < 4.78 is 2.44. The summed E-state index contributed by atoms with van der Waals surface area (Å²) in [7, 11) is 0. The maximum atomic E-state index is 13.2. The van der Waals surface area contributed by atoms with Gasteiger partial charge in [0, 0.05) is 46.3 Å². The lowest BCUT2D eigenvalue weighted by molar-refractivity contribution is -0.126. The number of nitrogens with one attached hydrogen (secondary N) is 1. The summed E-state index contributed by atoms with van der Waals surface area (Å²) in [5.74, 6) is 3.10. The molecule has 0 spiro atoms. The summed E-state index contributed by atoms with van der Waals surface area (Å²) in [6, 6.07) is 6.41. The summed E-state index contributed by atoms with van der Waals surface area (Å²) in [6.07, 6.45) is 12.8. The van der Waals surface area contributed by atoms with Crippen molar-refractivity contribution < 1.29 is 4.79 Å². The van der Waals surface area contributed by atoms with E-state index in [1.165, 1.54) is 54.7 Å². The van der Waals surface area contributed by atoms with Gasteiger partial charge in [0.25, 0.3) is 0 Å². The molecule has 1 amide bonds. The van der Waals surface area contributed by atoms with E-state index in [4.69, 9.17) is 0 Å². The first-order valence-corrected chi connectivity index (χ1v) is 15.3. The molecule has 2 aliphatic heterocycles. The van der Waals surface area contributed by atoms with E-state index in [9.17, 15) is 4.79 Å². The molecule has 198 valence electrons. The molecule has 1 saturated carbocycles. The highest BCUT2D eigenvalue weighted by atomic mass is 32.1. The zero-order valence-corrected chi connectivity index (χ0v) is 23.5. The Morgan fingerprint density at radius 1 is 1.06 bits per heavy atom. The predicted molar refractivity (Wildman–Crippen MR) is 146 cm³/mol. The number of amides is 1. The second-order valence-corrected chi connectivity index (χ2v) is 12.9. The Bertz CT molecular complexity index is 1010. The van der Waals surface area contributed by atoms with Gasteiger partial charge in [-0.15, -0.1) is 21.5 Å². The first-order valence-electron chi connectivity index (χ1n) is 14.5. The van der Waals surface area contributed by atoms with Crippen LogP contribution >= 0.6 is 11.3 Å². The highest BCUT2D eigenvalue weighted by Crippen LogP contribution is 2.42. The quantitative estimate of drug-likeness (QED) is 0.427. The van der Waals surface area contributed by atoms with Crippen molar-refractivity contribution in [2.45, 2.75) is 128 Å². The maximum Gasteiger partial charge on any atom is 0.223 e. The first-order chi connectivity index (χ1) is 17.4. The predicted octanol–water partition coefficient (Wildman–Crippen LogP) is 6.33. The standard InChI is InChI=1S/C29H45N5OS/c1-5-25-13-14-27(36-25)26(30-29(35)21-9-7-6-8-10-21)15-16-33-22-11-12-23(33)18-24(17-22)34-20(4)31-32-28(34)19(2)3/h13-14,19,21-24,26H,5-12,15-18H2,1-4H3,(H,30,35)/t22-,23+,24?,26-/m0/s1. The lowest BCUT2D eigenvalue weighted by Crippen LogP contribution is -2.45. The van der Waals surface area contributed by atoms with Crippen LogP contribution in [0.2, 0.25) is 0 Å². The molecule has 2 aromatic heterocycles. The van der Waals surface area contributed by atoms with E-state index in [0.717, 1.165) is 43.9 Å². The van der Waals surface area contributed by atoms with Gasteiger partial charge in [0.15, 0.2) is 0 Å². The van der Waals surface area contributed by atoms with Gasteiger partial charge in [-0.1, -0.05) is 40.0 Å². The molecule has 5 rings (SSSR count). The molecule has 7 heteroatoms. The first kappa shape index (κ1) is 25.9. The minimum Gasteiger partial charge on any atom is -0.348 e. The smallest absolute Gasteiger partial charge is 0.223 e. The summed E-state index contributed by atoms with van der Waals surface area (Å²) in [6.45, 7) is 9.84. The van der Waals surface area contributed by atoms with Crippen LogP contribution in [0.3, 0.4) is 0 Å². The molecular weight excluding hydrogens is 466 g/mol. The van der Waals surface area contributed by atoms with Crippen molar-refractivity contribution in [2.24, 2.45) is 5.92 Å². The zero-order chi connectivity index (χ0) is 25.2. The van der Waals surface area contributed by atoms with Gasteiger partial charge in [0.1, 0.15) is 11.6 Å². The molecule has 3 fully saturated rings.